The lowest BCUT2D eigenvalue weighted by atomic mass is 9.82. The van der Waals surface area contributed by atoms with E-state index in [-0.39, 0.29) is 5.97 Å². The van der Waals surface area contributed by atoms with E-state index in [0.717, 1.165) is 12.0 Å². The van der Waals surface area contributed by atoms with Crippen LogP contribution in [0.5, 0.6) is 0 Å². The Hall–Kier alpha value is -0.570. The standard InChI is InChI=1S/C16H29NO2/c1-3-13-7-9-14(10-8-13)17-11-5-4-6-15(17)12-16(18)19-2/h13-15H,3-12H2,1-2H3. The molecule has 0 aromatic rings. The first-order valence-electron chi connectivity index (χ1n) is 8.07. The smallest absolute Gasteiger partial charge is 0.307 e. The van der Waals surface area contributed by atoms with Crippen LogP contribution < -0.4 is 0 Å². The zero-order chi connectivity index (χ0) is 13.7. The maximum absolute atomic E-state index is 11.6. The Balaban J connectivity index is 1.90. The zero-order valence-corrected chi connectivity index (χ0v) is 12.6. The number of likely N-dealkylation sites (tertiary alicyclic amines) is 1. The fourth-order valence-corrected chi connectivity index (χ4v) is 3.88. The largest absolute Gasteiger partial charge is 0.469 e. The fraction of sp³-hybridized carbons (Fsp3) is 0.938. The molecule has 3 heteroatoms. The van der Waals surface area contributed by atoms with Gasteiger partial charge in [0.15, 0.2) is 0 Å². The van der Waals surface area contributed by atoms with Crippen LogP contribution in [0.15, 0.2) is 0 Å². The quantitative estimate of drug-likeness (QED) is 0.731. The van der Waals surface area contributed by atoms with Crippen molar-refractivity contribution in [3.63, 3.8) is 0 Å². The minimum Gasteiger partial charge on any atom is -0.469 e. The van der Waals surface area contributed by atoms with E-state index in [0.29, 0.717) is 12.5 Å². The van der Waals surface area contributed by atoms with E-state index in [4.69, 9.17) is 4.74 Å². The van der Waals surface area contributed by atoms with Gasteiger partial charge in [0.2, 0.25) is 0 Å². The van der Waals surface area contributed by atoms with E-state index < -0.39 is 0 Å². The number of carbonyl (C=O) groups excluding carboxylic acids is 1. The maximum atomic E-state index is 11.6. The number of methoxy groups -OCH3 is 1. The Morgan fingerprint density at radius 1 is 1.16 bits per heavy atom. The molecule has 110 valence electrons. The molecule has 2 rings (SSSR count). The van der Waals surface area contributed by atoms with Gasteiger partial charge in [-0.2, -0.15) is 0 Å². The van der Waals surface area contributed by atoms with Crippen molar-refractivity contribution in [3.8, 4) is 0 Å². The first kappa shape index (κ1) is 14.8. The molecule has 0 N–H and O–H groups in total. The van der Waals surface area contributed by atoms with Crippen molar-refractivity contribution >= 4 is 5.97 Å². The Labute approximate surface area is 117 Å². The molecule has 0 amide bonds. The lowest BCUT2D eigenvalue weighted by Gasteiger charge is -2.43. The summed E-state index contributed by atoms with van der Waals surface area (Å²) in [6, 6.07) is 1.15. The molecule has 1 atom stereocenters. The Kier molecular flexibility index (Phi) is 5.68. The van der Waals surface area contributed by atoms with Crippen molar-refractivity contribution in [1.82, 2.24) is 4.90 Å². The normalized spacial score (nSPS) is 33.1. The third kappa shape index (κ3) is 3.95. The van der Waals surface area contributed by atoms with Gasteiger partial charge in [0, 0.05) is 12.1 Å². The van der Waals surface area contributed by atoms with Crippen LogP contribution in [0.3, 0.4) is 0 Å². The molecule has 1 aliphatic heterocycles. The Bertz CT molecular complexity index is 284. The van der Waals surface area contributed by atoms with Crippen molar-refractivity contribution < 1.29 is 9.53 Å². The Morgan fingerprint density at radius 3 is 2.53 bits per heavy atom. The van der Waals surface area contributed by atoms with E-state index in [1.165, 1.54) is 65.0 Å². The predicted molar refractivity (Wildman–Crippen MR) is 77.0 cm³/mol. The van der Waals surface area contributed by atoms with Gasteiger partial charge in [0.25, 0.3) is 0 Å². The fourth-order valence-electron chi connectivity index (χ4n) is 3.88. The number of nitrogens with zero attached hydrogens (tertiary/aromatic N) is 1. The number of rotatable bonds is 4. The zero-order valence-electron chi connectivity index (χ0n) is 12.6. The minimum atomic E-state index is -0.0425. The van der Waals surface area contributed by atoms with E-state index in [1.54, 1.807) is 0 Å². The summed E-state index contributed by atoms with van der Waals surface area (Å²) >= 11 is 0. The summed E-state index contributed by atoms with van der Waals surface area (Å²) in [5, 5.41) is 0. The second-order valence-electron chi connectivity index (χ2n) is 6.25. The van der Waals surface area contributed by atoms with Crippen molar-refractivity contribution in [2.24, 2.45) is 5.92 Å². The SMILES string of the molecule is CCC1CCC(N2CCCCC2CC(=O)OC)CC1. The summed E-state index contributed by atoms with van der Waals surface area (Å²) in [6.07, 6.45) is 11.1. The molecule has 0 aromatic heterocycles. The lowest BCUT2D eigenvalue weighted by Crippen LogP contribution is -2.48. The van der Waals surface area contributed by atoms with Gasteiger partial charge in [-0.25, -0.2) is 0 Å². The summed E-state index contributed by atoms with van der Waals surface area (Å²) in [4.78, 5) is 14.2. The third-order valence-electron chi connectivity index (χ3n) is 5.17. The van der Waals surface area contributed by atoms with Crippen LogP contribution in [-0.4, -0.2) is 36.6 Å². The van der Waals surface area contributed by atoms with Crippen LogP contribution in [0.2, 0.25) is 0 Å². The van der Waals surface area contributed by atoms with E-state index in [9.17, 15) is 4.79 Å². The average Bonchev–Trinajstić information content (AvgIpc) is 2.48. The second kappa shape index (κ2) is 7.28. The molecule has 1 aliphatic carbocycles. The molecule has 0 bridgehead atoms. The molecule has 2 fully saturated rings. The Morgan fingerprint density at radius 2 is 1.89 bits per heavy atom. The first-order valence-corrected chi connectivity index (χ1v) is 8.07. The van der Waals surface area contributed by atoms with Crippen LogP contribution in [0.4, 0.5) is 0 Å². The van der Waals surface area contributed by atoms with Crippen LogP contribution in [0, 0.1) is 5.92 Å². The van der Waals surface area contributed by atoms with Gasteiger partial charge < -0.3 is 4.74 Å². The molecule has 2 aliphatic rings. The monoisotopic (exact) mass is 267 g/mol. The van der Waals surface area contributed by atoms with Crippen LogP contribution in [0.1, 0.15) is 64.7 Å². The van der Waals surface area contributed by atoms with Gasteiger partial charge in [-0.3, -0.25) is 9.69 Å². The summed E-state index contributed by atoms with van der Waals surface area (Å²) < 4.78 is 4.86. The molecule has 0 radical (unpaired) electrons. The molecule has 19 heavy (non-hydrogen) atoms. The molecule has 1 heterocycles. The topological polar surface area (TPSA) is 29.5 Å². The highest BCUT2D eigenvalue weighted by Gasteiger charge is 2.32. The van der Waals surface area contributed by atoms with E-state index in [2.05, 4.69) is 11.8 Å². The van der Waals surface area contributed by atoms with Crippen molar-refractivity contribution in [2.75, 3.05) is 13.7 Å². The lowest BCUT2D eigenvalue weighted by molar-refractivity contribution is -0.142. The summed E-state index contributed by atoms with van der Waals surface area (Å²) in [6.45, 7) is 3.50. The second-order valence-corrected chi connectivity index (χ2v) is 6.25. The number of hydrogen-bond donors (Lipinski definition) is 0. The van der Waals surface area contributed by atoms with Gasteiger partial charge in [0.05, 0.1) is 13.5 Å². The molecule has 3 nitrogen and oxygen atoms in total. The van der Waals surface area contributed by atoms with Gasteiger partial charge in [-0.15, -0.1) is 0 Å². The van der Waals surface area contributed by atoms with E-state index >= 15 is 0 Å². The average molecular weight is 267 g/mol. The summed E-state index contributed by atoms with van der Waals surface area (Å²) in [5.41, 5.74) is 0. The molecular weight excluding hydrogens is 238 g/mol. The van der Waals surface area contributed by atoms with Crippen molar-refractivity contribution in [2.45, 2.75) is 76.8 Å². The number of esters is 1. The maximum Gasteiger partial charge on any atom is 0.307 e. The summed E-state index contributed by atoms with van der Waals surface area (Å²) in [7, 11) is 1.50. The van der Waals surface area contributed by atoms with Crippen LogP contribution in [0.25, 0.3) is 0 Å². The van der Waals surface area contributed by atoms with Crippen LogP contribution >= 0.6 is 0 Å². The first-order chi connectivity index (χ1) is 9.24. The van der Waals surface area contributed by atoms with Gasteiger partial charge in [0.1, 0.15) is 0 Å². The number of carbonyl (C=O) groups is 1. The highest BCUT2D eigenvalue weighted by molar-refractivity contribution is 5.69. The van der Waals surface area contributed by atoms with Crippen molar-refractivity contribution in [1.29, 1.82) is 0 Å². The van der Waals surface area contributed by atoms with Gasteiger partial charge in [-0.05, 0) is 51.0 Å². The van der Waals surface area contributed by atoms with Gasteiger partial charge >= 0.3 is 5.97 Å². The number of ether oxygens (including phenoxy) is 1. The molecular formula is C16H29NO2. The minimum absolute atomic E-state index is 0.0425. The molecule has 0 aromatic carbocycles. The van der Waals surface area contributed by atoms with Crippen LogP contribution in [-0.2, 0) is 9.53 Å². The predicted octanol–water partition coefficient (Wildman–Crippen LogP) is 3.37. The molecule has 0 spiro atoms. The van der Waals surface area contributed by atoms with E-state index in [1.807, 2.05) is 0 Å². The molecule has 1 saturated carbocycles. The van der Waals surface area contributed by atoms with Gasteiger partial charge in [-0.1, -0.05) is 19.8 Å². The molecule has 1 saturated heterocycles. The highest BCUT2D eigenvalue weighted by atomic mass is 16.5. The number of hydrogen-bond acceptors (Lipinski definition) is 3. The highest BCUT2D eigenvalue weighted by Crippen LogP contribution is 2.33. The number of piperidine rings is 1. The van der Waals surface area contributed by atoms with Crippen molar-refractivity contribution in [3.05, 3.63) is 0 Å². The summed E-state index contributed by atoms with van der Waals surface area (Å²) in [5.74, 6) is 0.902. The molecule has 1 unspecified atom stereocenters. The third-order valence-corrected chi connectivity index (χ3v) is 5.17.